The van der Waals surface area contributed by atoms with Crippen molar-refractivity contribution in [2.24, 2.45) is 5.73 Å². The van der Waals surface area contributed by atoms with Gasteiger partial charge in [-0.05, 0) is 19.8 Å². The van der Waals surface area contributed by atoms with Crippen molar-refractivity contribution < 1.29 is 9.53 Å². The molecule has 0 saturated carbocycles. The second kappa shape index (κ2) is 5.32. The zero-order chi connectivity index (χ0) is 10.6. The van der Waals surface area contributed by atoms with E-state index in [1.165, 1.54) is 0 Å². The maximum absolute atomic E-state index is 11.7. The fourth-order valence-corrected chi connectivity index (χ4v) is 1.70. The van der Waals surface area contributed by atoms with E-state index in [4.69, 9.17) is 10.5 Å². The fourth-order valence-electron chi connectivity index (χ4n) is 1.70. The lowest BCUT2D eigenvalue weighted by atomic mass is 10.1. The molecule has 0 spiro atoms. The first-order valence-electron chi connectivity index (χ1n) is 5.20. The van der Waals surface area contributed by atoms with E-state index >= 15 is 0 Å². The summed E-state index contributed by atoms with van der Waals surface area (Å²) < 4.78 is 5.25. The molecule has 0 bridgehead atoms. The predicted molar refractivity (Wildman–Crippen MR) is 54.9 cm³/mol. The maximum Gasteiger partial charge on any atom is 0.224 e. The number of nitrogens with zero attached hydrogens (tertiary/aromatic N) is 1. The highest BCUT2D eigenvalue weighted by Crippen LogP contribution is 2.13. The maximum atomic E-state index is 11.7. The normalized spacial score (nSPS) is 20.5. The third-order valence-corrected chi connectivity index (χ3v) is 2.63. The zero-order valence-electron chi connectivity index (χ0n) is 9.03. The molecule has 1 aliphatic heterocycles. The van der Waals surface area contributed by atoms with Gasteiger partial charge >= 0.3 is 0 Å². The molecule has 4 nitrogen and oxygen atoms in total. The number of carbonyl (C=O) groups excluding carboxylic acids is 1. The largest absolute Gasteiger partial charge is 0.381 e. The van der Waals surface area contributed by atoms with Crippen LogP contribution < -0.4 is 5.73 Å². The first kappa shape index (κ1) is 11.5. The molecule has 0 aliphatic carbocycles. The zero-order valence-corrected chi connectivity index (χ0v) is 9.03. The average Bonchev–Trinajstić information content (AvgIpc) is 2.17. The summed E-state index contributed by atoms with van der Waals surface area (Å²) in [7, 11) is 1.86. The predicted octanol–water partition coefficient (Wildman–Crippen LogP) is 0.361. The van der Waals surface area contributed by atoms with Crippen LogP contribution in [0.2, 0.25) is 0 Å². The molecule has 82 valence electrons. The van der Waals surface area contributed by atoms with Gasteiger partial charge in [0.15, 0.2) is 0 Å². The molecule has 4 heteroatoms. The van der Waals surface area contributed by atoms with Crippen molar-refractivity contribution in [2.75, 3.05) is 20.3 Å². The minimum atomic E-state index is -0.0511. The number of rotatable bonds is 3. The van der Waals surface area contributed by atoms with Crippen LogP contribution in [0.3, 0.4) is 0 Å². The van der Waals surface area contributed by atoms with Crippen molar-refractivity contribution in [3.63, 3.8) is 0 Å². The van der Waals surface area contributed by atoms with E-state index < -0.39 is 0 Å². The van der Waals surface area contributed by atoms with Gasteiger partial charge in [-0.3, -0.25) is 4.79 Å². The minimum Gasteiger partial charge on any atom is -0.381 e. The second-order valence-electron chi connectivity index (χ2n) is 4.03. The van der Waals surface area contributed by atoms with Crippen molar-refractivity contribution in [3.05, 3.63) is 0 Å². The highest BCUT2D eigenvalue weighted by atomic mass is 16.5. The molecule has 1 rings (SSSR count). The molecular weight excluding hydrogens is 180 g/mol. The topological polar surface area (TPSA) is 55.6 Å². The van der Waals surface area contributed by atoms with Crippen LogP contribution in [-0.4, -0.2) is 43.2 Å². The number of ether oxygens (including phenoxy) is 1. The van der Waals surface area contributed by atoms with Crippen LogP contribution >= 0.6 is 0 Å². The van der Waals surface area contributed by atoms with Gasteiger partial charge in [0.05, 0.1) is 0 Å². The van der Waals surface area contributed by atoms with Crippen LogP contribution in [0.15, 0.2) is 0 Å². The van der Waals surface area contributed by atoms with E-state index in [-0.39, 0.29) is 11.9 Å². The van der Waals surface area contributed by atoms with Crippen molar-refractivity contribution in [2.45, 2.75) is 38.3 Å². The van der Waals surface area contributed by atoms with Crippen molar-refractivity contribution in [3.8, 4) is 0 Å². The molecule has 2 N–H and O–H groups in total. The number of carbonyl (C=O) groups is 1. The lowest BCUT2D eigenvalue weighted by Crippen LogP contribution is -2.42. The molecule has 1 amide bonds. The third kappa shape index (κ3) is 3.27. The molecule has 1 saturated heterocycles. The summed E-state index contributed by atoms with van der Waals surface area (Å²) in [6.07, 6.45) is 2.33. The monoisotopic (exact) mass is 200 g/mol. The number of hydrogen-bond donors (Lipinski definition) is 1. The Bertz CT molecular complexity index is 189. The van der Waals surface area contributed by atoms with E-state index in [0.29, 0.717) is 12.5 Å². The van der Waals surface area contributed by atoms with E-state index in [1.54, 1.807) is 0 Å². The Balaban J connectivity index is 2.38. The van der Waals surface area contributed by atoms with Crippen molar-refractivity contribution >= 4 is 5.91 Å². The first-order chi connectivity index (χ1) is 6.61. The molecule has 0 aromatic carbocycles. The lowest BCUT2D eigenvalue weighted by molar-refractivity contribution is -0.133. The summed E-state index contributed by atoms with van der Waals surface area (Å²) in [6, 6.07) is 0.291. The standard InChI is InChI=1S/C10H20N2O2/c1-8(11)7-10(13)12(2)9-3-5-14-6-4-9/h8-9H,3-7,11H2,1-2H3. The van der Waals surface area contributed by atoms with Gasteiger partial charge in [-0.2, -0.15) is 0 Å². The molecular formula is C10H20N2O2. The second-order valence-corrected chi connectivity index (χ2v) is 4.03. The summed E-state index contributed by atoms with van der Waals surface area (Å²) >= 11 is 0. The van der Waals surface area contributed by atoms with Crippen LogP contribution in [0.1, 0.15) is 26.2 Å². The Morgan fingerprint density at radius 1 is 1.57 bits per heavy atom. The van der Waals surface area contributed by atoms with Crippen LogP contribution in [0, 0.1) is 0 Å². The first-order valence-corrected chi connectivity index (χ1v) is 5.20. The highest BCUT2D eigenvalue weighted by Gasteiger charge is 2.22. The molecule has 0 aromatic rings. The minimum absolute atomic E-state index is 0.0511. The molecule has 1 aliphatic rings. The van der Waals surface area contributed by atoms with Crippen LogP contribution in [0.5, 0.6) is 0 Å². The van der Waals surface area contributed by atoms with Crippen molar-refractivity contribution in [1.29, 1.82) is 0 Å². The van der Waals surface area contributed by atoms with Crippen LogP contribution in [0.4, 0.5) is 0 Å². The van der Waals surface area contributed by atoms with Crippen molar-refractivity contribution in [1.82, 2.24) is 4.90 Å². The van der Waals surface area contributed by atoms with Crippen LogP contribution in [0.25, 0.3) is 0 Å². The summed E-state index contributed by atoms with van der Waals surface area (Å²) in [6.45, 7) is 3.39. The number of hydrogen-bond acceptors (Lipinski definition) is 3. The quantitative estimate of drug-likeness (QED) is 0.715. The molecule has 1 unspecified atom stereocenters. The molecule has 0 aromatic heterocycles. The van der Waals surface area contributed by atoms with Gasteiger partial charge in [-0.15, -0.1) is 0 Å². The number of amides is 1. The Hall–Kier alpha value is -0.610. The van der Waals surface area contributed by atoms with Gasteiger partial charge in [-0.1, -0.05) is 0 Å². The van der Waals surface area contributed by atoms with Gasteiger partial charge < -0.3 is 15.4 Å². The highest BCUT2D eigenvalue weighted by molar-refractivity contribution is 5.76. The van der Waals surface area contributed by atoms with Crippen LogP contribution in [-0.2, 0) is 9.53 Å². The Labute approximate surface area is 85.4 Å². The summed E-state index contributed by atoms with van der Waals surface area (Å²) in [5.74, 6) is 0.145. The Morgan fingerprint density at radius 3 is 2.64 bits per heavy atom. The Morgan fingerprint density at radius 2 is 2.14 bits per heavy atom. The summed E-state index contributed by atoms with van der Waals surface area (Å²) in [4.78, 5) is 13.5. The molecule has 0 radical (unpaired) electrons. The molecule has 14 heavy (non-hydrogen) atoms. The van der Waals surface area contributed by atoms with Gasteiger partial charge in [0.1, 0.15) is 0 Å². The summed E-state index contributed by atoms with van der Waals surface area (Å²) in [5.41, 5.74) is 5.59. The smallest absolute Gasteiger partial charge is 0.224 e. The van der Waals surface area contributed by atoms with E-state index in [9.17, 15) is 4.79 Å². The molecule has 1 atom stereocenters. The third-order valence-electron chi connectivity index (χ3n) is 2.63. The average molecular weight is 200 g/mol. The van der Waals surface area contributed by atoms with Gasteiger partial charge in [0, 0.05) is 38.8 Å². The Kier molecular flexibility index (Phi) is 4.35. The summed E-state index contributed by atoms with van der Waals surface area (Å²) in [5, 5.41) is 0. The van der Waals surface area contributed by atoms with Gasteiger partial charge in [-0.25, -0.2) is 0 Å². The van der Waals surface area contributed by atoms with Gasteiger partial charge in [0.2, 0.25) is 5.91 Å². The van der Waals surface area contributed by atoms with Gasteiger partial charge in [0.25, 0.3) is 0 Å². The van der Waals surface area contributed by atoms with E-state index in [2.05, 4.69) is 0 Å². The molecule has 1 heterocycles. The molecule has 1 fully saturated rings. The van der Waals surface area contributed by atoms with E-state index in [1.807, 2.05) is 18.9 Å². The lowest BCUT2D eigenvalue weighted by Gasteiger charge is -2.31. The van der Waals surface area contributed by atoms with E-state index in [0.717, 1.165) is 26.1 Å². The SMILES string of the molecule is CC(N)CC(=O)N(C)C1CCOCC1. The fraction of sp³-hybridized carbons (Fsp3) is 0.900. The number of nitrogens with two attached hydrogens (primary N) is 1.